The minimum Gasteiger partial charge on any atom is -0.481 e. The molecule has 1 aromatic heterocycles. The van der Waals surface area contributed by atoms with E-state index in [2.05, 4.69) is 17.2 Å². The molecule has 2 N–H and O–H groups in total. The molecule has 1 fully saturated rings. The first kappa shape index (κ1) is 24.5. The Morgan fingerprint density at radius 3 is 2.69 bits per heavy atom. The smallest absolute Gasteiger partial charge is 0.323 e. The van der Waals surface area contributed by atoms with Crippen LogP contribution in [-0.4, -0.2) is 51.9 Å². The predicted octanol–water partition coefficient (Wildman–Crippen LogP) is 5.09. The van der Waals surface area contributed by atoms with Crippen molar-refractivity contribution < 1.29 is 23.8 Å². The first-order valence-electron chi connectivity index (χ1n) is 10.6. The molecule has 174 valence electrons. The average Bonchev–Trinajstić information content (AvgIpc) is 3.21. The highest BCUT2D eigenvalue weighted by Crippen LogP contribution is 2.30. The molecule has 3 rings (SSSR count). The summed E-state index contributed by atoms with van der Waals surface area (Å²) >= 11 is 2.44. The van der Waals surface area contributed by atoms with Gasteiger partial charge in [0, 0.05) is 12.6 Å². The van der Waals surface area contributed by atoms with Crippen molar-refractivity contribution in [2.75, 3.05) is 24.2 Å². The molecule has 0 radical (unpaired) electrons. The second-order valence-electron chi connectivity index (χ2n) is 7.88. The summed E-state index contributed by atoms with van der Waals surface area (Å²) in [6, 6.07) is 6.09. The molecule has 2 amide bonds. The van der Waals surface area contributed by atoms with Gasteiger partial charge in [-0.1, -0.05) is 30.4 Å². The highest BCUT2D eigenvalue weighted by atomic mass is 32.2. The molecule has 1 aromatic carbocycles. The quantitative estimate of drug-likeness (QED) is 0.363. The molecular weight excluding hydrogens is 453 g/mol. The summed E-state index contributed by atoms with van der Waals surface area (Å²) in [4.78, 5) is 29.8. The molecule has 0 spiro atoms. The van der Waals surface area contributed by atoms with Crippen molar-refractivity contribution in [3.63, 3.8) is 0 Å². The Labute approximate surface area is 195 Å². The van der Waals surface area contributed by atoms with Crippen molar-refractivity contribution in [1.29, 1.82) is 0 Å². The van der Waals surface area contributed by atoms with Gasteiger partial charge in [-0.05, 0) is 49.3 Å². The number of amides is 2. The Balaban J connectivity index is 1.55. The average molecular weight is 482 g/mol. The van der Waals surface area contributed by atoms with Gasteiger partial charge in [-0.25, -0.2) is 14.2 Å². The summed E-state index contributed by atoms with van der Waals surface area (Å²) in [5.74, 6) is -0.561. The molecule has 1 heterocycles. The lowest BCUT2D eigenvalue weighted by atomic mass is 9.86. The van der Waals surface area contributed by atoms with E-state index in [0.29, 0.717) is 30.8 Å². The number of thioether (sulfide) groups is 1. The van der Waals surface area contributed by atoms with Crippen molar-refractivity contribution in [3.05, 3.63) is 41.8 Å². The Hall–Kier alpha value is -2.17. The van der Waals surface area contributed by atoms with Crippen molar-refractivity contribution in [1.82, 2.24) is 9.88 Å². The lowest BCUT2D eigenvalue weighted by Gasteiger charge is -2.36. The number of carboxylic acid groups (broad SMARTS) is 1. The van der Waals surface area contributed by atoms with Crippen LogP contribution in [0.4, 0.5) is 14.3 Å². The zero-order chi connectivity index (χ0) is 22.9. The van der Waals surface area contributed by atoms with Crippen molar-refractivity contribution in [2.45, 2.75) is 49.5 Å². The maximum absolute atomic E-state index is 13.1. The topological polar surface area (TPSA) is 91.8 Å². The van der Waals surface area contributed by atoms with Crippen LogP contribution < -0.4 is 5.32 Å². The highest BCUT2D eigenvalue weighted by Gasteiger charge is 2.28. The van der Waals surface area contributed by atoms with E-state index >= 15 is 0 Å². The zero-order valence-electron chi connectivity index (χ0n) is 18.0. The van der Waals surface area contributed by atoms with Gasteiger partial charge in [0.25, 0.3) is 0 Å². The number of nitrogens with zero attached hydrogens (tertiary/aromatic N) is 2. The van der Waals surface area contributed by atoms with Crippen LogP contribution in [0.3, 0.4) is 0 Å². The molecule has 2 aromatic rings. The summed E-state index contributed by atoms with van der Waals surface area (Å²) in [6.45, 7) is 3.40. The van der Waals surface area contributed by atoms with E-state index in [-0.39, 0.29) is 23.6 Å². The number of rotatable bonds is 10. The minimum absolute atomic E-state index is 0.0483. The maximum atomic E-state index is 13.1. The standard InChI is InChI=1S/C22H28FN3O4S2/c1-15-2-8-18(9-3-15)26(10-11-30-13-16-4-6-17(23)7-5-16)22(29)25-21-24-12-20(32-21)31-14-19(27)28/h4-7,12,15,18H,2-3,8-11,13-14H2,1H3,(H,27,28)(H,24,25,29). The predicted molar refractivity (Wildman–Crippen MR) is 124 cm³/mol. The lowest BCUT2D eigenvalue weighted by Crippen LogP contribution is -2.46. The molecule has 10 heteroatoms. The number of thiazole rings is 1. The van der Waals surface area contributed by atoms with Gasteiger partial charge >= 0.3 is 12.0 Å². The lowest BCUT2D eigenvalue weighted by molar-refractivity contribution is -0.133. The fraction of sp³-hybridized carbons (Fsp3) is 0.500. The van der Waals surface area contributed by atoms with Crippen molar-refractivity contribution in [2.24, 2.45) is 5.92 Å². The van der Waals surface area contributed by atoms with Crippen molar-refractivity contribution in [3.8, 4) is 0 Å². The number of carbonyl (C=O) groups is 2. The van der Waals surface area contributed by atoms with E-state index < -0.39 is 5.97 Å². The number of urea groups is 1. The Bertz CT molecular complexity index is 886. The third-order valence-electron chi connectivity index (χ3n) is 5.38. The molecule has 32 heavy (non-hydrogen) atoms. The highest BCUT2D eigenvalue weighted by molar-refractivity contribution is 8.01. The summed E-state index contributed by atoms with van der Waals surface area (Å²) in [5, 5.41) is 12.1. The Morgan fingerprint density at radius 1 is 1.28 bits per heavy atom. The molecule has 1 aliphatic rings. The molecule has 0 aliphatic heterocycles. The fourth-order valence-electron chi connectivity index (χ4n) is 3.62. The van der Waals surface area contributed by atoms with Crippen LogP contribution in [0.15, 0.2) is 34.7 Å². The number of aromatic nitrogens is 1. The van der Waals surface area contributed by atoms with E-state index in [1.165, 1.54) is 35.2 Å². The monoisotopic (exact) mass is 481 g/mol. The van der Waals surface area contributed by atoms with Crippen LogP contribution in [-0.2, 0) is 16.1 Å². The Morgan fingerprint density at radius 2 is 2.00 bits per heavy atom. The van der Waals surface area contributed by atoms with Crippen LogP contribution in [0.1, 0.15) is 38.2 Å². The largest absolute Gasteiger partial charge is 0.481 e. The SMILES string of the molecule is CC1CCC(N(CCOCc2ccc(F)cc2)C(=O)Nc2ncc(SCC(=O)O)s2)CC1. The molecule has 7 nitrogen and oxygen atoms in total. The minimum atomic E-state index is -0.896. The van der Waals surface area contributed by atoms with Crippen molar-refractivity contribution >= 4 is 40.2 Å². The first-order valence-corrected chi connectivity index (χ1v) is 12.4. The summed E-state index contributed by atoms with van der Waals surface area (Å²) in [7, 11) is 0. The maximum Gasteiger partial charge on any atom is 0.323 e. The van der Waals surface area contributed by atoms with E-state index in [9.17, 15) is 14.0 Å². The van der Waals surface area contributed by atoms with Gasteiger partial charge in [0.05, 0.1) is 29.4 Å². The number of carboxylic acids is 1. The first-order chi connectivity index (χ1) is 15.4. The Kier molecular flexibility index (Phi) is 9.31. The van der Waals surface area contributed by atoms with Crippen LogP contribution in [0.5, 0.6) is 0 Å². The number of benzene rings is 1. The van der Waals surface area contributed by atoms with Crippen LogP contribution in [0, 0.1) is 11.7 Å². The molecule has 0 atom stereocenters. The third-order valence-corrected chi connectivity index (χ3v) is 7.47. The molecule has 1 aliphatic carbocycles. The second-order valence-corrected chi connectivity index (χ2v) is 10.2. The molecule has 0 bridgehead atoms. The number of anilines is 1. The number of carbonyl (C=O) groups excluding carboxylic acids is 1. The number of halogens is 1. The van der Waals surface area contributed by atoms with Crippen LogP contribution in [0.2, 0.25) is 0 Å². The van der Waals surface area contributed by atoms with E-state index in [1.807, 2.05) is 4.90 Å². The van der Waals surface area contributed by atoms with Gasteiger partial charge in [-0.15, -0.1) is 11.8 Å². The normalized spacial score (nSPS) is 18.3. The van der Waals surface area contributed by atoms with Gasteiger partial charge < -0.3 is 14.7 Å². The number of nitrogens with one attached hydrogen (secondary N) is 1. The summed E-state index contributed by atoms with van der Waals surface area (Å²) in [5.41, 5.74) is 0.878. The van der Waals surface area contributed by atoms with E-state index in [0.717, 1.165) is 35.5 Å². The molecular formula is C22H28FN3O4S2. The van der Waals surface area contributed by atoms with Gasteiger partial charge in [-0.3, -0.25) is 10.1 Å². The van der Waals surface area contributed by atoms with Gasteiger partial charge in [0.15, 0.2) is 5.13 Å². The number of hydrogen-bond donors (Lipinski definition) is 2. The van der Waals surface area contributed by atoms with Crippen LogP contribution in [0.25, 0.3) is 0 Å². The third kappa shape index (κ3) is 7.75. The number of ether oxygens (including phenoxy) is 1. The molecule has 1 saturated carbocycles. The van der Waals surface area contributed by atoms with Gasteiger partial charge in [0.1, 0.15) is 5.82 Å². The second kappa shape index (κ2) is 12.2. The fourth-order valence-corrected chi connectivity index (χ4v) is 5.20. The van der Waals surface area contributed by atoms with E-state index in [4.69, 9.17) is 9.84 Å². The van der Waals surface area contributed by atoms with Gasteiger partial charge in [0.2, 0.25) is 0 Å². The number of aliphatic carboxylic acids is 1. The molecule has 0 unspecified atom stereocenters. The van der Waals surface area contributed by atoms with E-state index in [1.54, 1.807) is 18.3 Å². The zero-order valence-corrected chi connectivity index (χ0v) is 19.6. The summed E-state index contributed by atoms with van der Waals surface area (Å²) in [6.07, 6.45) is 5.64. The summed E-state index contributed by atoms with van der Waals surface area (Å²) < 4.78 is 19.5. The molecule has 0 saturated heterocycles. The van der Waals surface area contributed by atoms with Gasteiger partial charge in [-0.2, -0.15) is 0 Å². The number of hydrogen-bond acceptors (Lipinski definition) is 6. The van der Waals surface area contributed by atoms with Crippen LogP contribution >= 0.6 is 23.1 Å².